The zero-order chi connectivity index (χ0) is 51.5. The van der Waals surface area contributed by atoms with Gasteiger partial charge < -0.3 is 9.32 Å². The minimum Gasteiger partial charge on any atom is -0.455 e. The van der Waals surface area contributed by atoms with Gasteiger partial charge in [-0.15, -0.1) is 0 Å². The average Bonchev–Trinajstić information content (AvgIpc) is 3.81. The highest BCUT2D eigenvalue weighted by atomic mass is 16.3. The van der Waals surface area contributed by atoms with Crippen molar-refractivity contribution >= 4 is 60.5 Å². The second-order valence-corrected chi connectivity index (χ2v) is 13.7. The van der Waals surface area contributed by atoms with E-state index in [2.05, 4.69) is 0 Å². The SMILES string of the molecule is [2H]c1c([2H])c(-c2c([2H])c([2H])c([2H])c3c([2H])c([2H])c([2H])c([2H])c23)c([2H])c([2H])c1-c1c([2H])c([2H])c(N(c2ccc(-c3ccccc3)cc2)c2ccccc2-c2cccc3c2oc2c4ccccc4ccc32)c([2H])c1[2H]. The van der Waals surface area contributed by atoms with Crippen LogP contribution in [0.4, 0.5) is 17.1 Å². The van der Waals surface area contributed by atoms with Crippen molar-refractivity contribution in [3.05, 3.63) is 224 Å². The van der Waals surface area contributed by atoms with Gasteiger partial charge >= 0.3 is 0 Å². The lowest BCUT2D eigenvalue weighted by Gasteiger charge is -2.28. The van der Waals surface area contributed by atoms with E-state index in [1.165, 1.54) is 0 Å². The molecule has 0 atom stereocenters. The lowest BCUT2D eigenvalue weighted by molar-refractivity contribution is 0.674. The lowest BCUT2D eigenvalue weighted by atomic mass is 9.96. The van der Waals surface area contributed by atoms with E-state index in [-0.39, 0.29) is 5.69 Å². The van der Waals surface area contributed by atoms with E-state index in [1.54, 1.807) is 17.0 Å². The summed E-state index contributed by atoms with van der Waals surface area (Å²) in [6, 6.07) is 31.3. The largest absolute Gasteiger partial charge is 0.455 e. The molecule has 2 nitrogen and oxygen atoms in total. The summed E-state index contributed by atoms with van der Waals surface area (Å²) < 4.78 is 143. The van der Waals surface area contributed by atoms with Crippen LogP contribution in [0.25, 0.3) is 88.0 Å². The van der Waals surface area contributed by atoms with Gasteiger partial charge in [-0.1, -0.05) is 188 Å². The number of para-hydroxylation sites is 2. The first kappa shape index (κ1) is 21.6. The van der Waals surface area contributed by atoms with Crippen LogP contribution < -0.4 is 4.90 Å². The Morgan fingerprint density at radius 1 is 0.328 bits per heavy atom. The van der Waals surface area contributed by atoms with Crippen molar-refractivity contribution in [2.75, 3.05) is 4.90 Å². The van der Waals surface area contributed by atoms with Crippen molar-refractivity contribution in [2.45, 2.75) is 0 Å². The summed E-state index contributed by atoms with van der Waals surface area (Å²) in [5, 5.41) is 2.82. The van der Waals surface area contributed by atoms with Gasteiger partial charge in [-0.2, -0.15) is 0 Å². The molecule has 11 aromatic rings. The maximum atomic E-state index is 9.75. The highest BCUT2D eigenvalue weighted by Gasteiger charge is 2.21. The molecular formula is C56H37NO. The van der Waals surface area contributed by atoms with Crippen LogP contribution in [0.3, 0.4) is 0 Å². The lowest BCUT2D eigenvalue weighted by Crippen LogP contribution is -2.11. The first-order chi connectivity index (χ1) is 35.0. The molecule has 58 heavy (non-hydrogen) atoms. The predicted molar refractivity (Wildman–Crippen MR) is 245 cm³/mol. The molecule has 0 N–H and O–H groups in total. The Balaban J connectivity index is 1.14. The van der Waals surface area contributed by atoms with Crippen LogP contribution in [0, 0.1) is 0 Å². The third kappa shape index (κ3) is 5.82. The second-order valence-electron chi connectivity index (χ2n) is 13.7. The highest BCUT2D eigenvalue weighted by molar-refractivity contribution is 6.17. The molecule has 0 saturated carbocycles. The zero-order valence-electron chi connectivity index (χ0n) is 45.6. The van der Waals surface area contributed by atoms with E-state index in [0.29, 0.717) is 33.7 Å². The van der Waals surface area contributed by atoms with Crippen molar-refractivity contribution < 1.29 is 25.0 Å². The molecular weight excluding hydrogens is 703 g/mol. The molecule has 2 heteroatoms. The number of furan rings is 1. The Morgan fingerprint density at radius 3 is 1.81 bits per heavy atom. The minimum absolute atomic E-state index is 0.189. The number of benzene rings is 10. The molecule has 1 aromatic heterocycles. The van der Waals surface area contributed by atoms with Crippen LogP contribution in [0.5, 0.6) is 0 Å². The third-order valence-corrected chi connectivity index (χ3v) is 10.3. The highest BCUT2D eigenvalue weighted by Crippen LogP contribution is 2.45. The van der Waals surface area contributed by atoms with E-state index in [1.807, 2.05) is 121 Å². The zero-order valence-corrected chi connectivity index (χ0v) is 30.6. The monoisotopic (exact) mass is 754 g/mol. The quantitative estimate of drug-likeness (QED) is 0.161. The first-order valence-electron chi connectivity index (χ1n) is 26.1. The number of rotatable bonds is 7. The van der Waals surface area contributed by atoms with Gasteiger partial charge in [0, 0.05) is 38.7 Å². The van der Waals surface area contributed by atoms with Crippen LogP contribution in [0.1, 0.15) is 20.6 Å². The Bertz CT molecular complexity index is 4090. The van der Waals surface area contributed by atoms with E-state index in [9.17, 15) is 11.0 Å². The summed E-state index contributed by atoms with van der Waals surface area (Å²) in [5.41, 5.74) is 2.87. The van der Waals surface area contributed by atoms with Crippen molar-refractivity contribution in [3.63, 3.8) is 0 Å². The van der Waals surface area contributed by atoms with Gasteiger partial charge in [0.15, 0.2) is 0 Å². The predicted octanol–water partition coefficient (Wildman–Crippen LogP) is 16.0. The summed E-state index contributed by atoms with van der Waals surface area (Å²) >= 11 is 0. The first-order valence-corrected chi connectivity index (χ1v) is 18.6. The third-order valence-electron chi connectivity index (χ3n) is 10.3. The average molecular weight is 755 g/mol. The molecule has 0 amide bonds. The Labute approximate surface area is 358 Å². The minimum atomic E-state index is -0.835. The van der Waals surface area contributed by atoms with Gasteiger partial charge in [0.2, 0.25) is 0 Å². The standard InChI is InChI=1S/C56H37NO/c1-2-12-38(13-3-1)40-28-33-45(34-29-40)57(46-35-30-41(31-36-46)39-24-26-44(27-25-39)48-20-10-16-42-14-4-6-17-47(42)48)54-23-9-8-19-50(54)51-21-11-22-52-53-37-32-43-15-5-7-18-49(43)55(53)58-56(51)52/h1-37H/i4D,6D,10D,14D,16D,17D,20D,24D,25D,26D,27D,30D,31D,35D,36D. The van der Waals surface area contributed by atoms with Gasteiger partial charge in [0.1, 0.15) is 11.2 Å². The molecule has 272 valence electrons. The molecule has 0 aliphatic heterocycles. The normalized spacial score (nSPS) is 15.1. The number of hydrogen-bond donors (Lipinski definition) is 0. The maximum Gasteiger partial charge on any atom is 0.143 e. The van der Waals surface area contributed by atoms with E-state index in [4.69, 9.17) is 14.0 Å². The molecule has 0 aliphatic rings. The fraction of sp³-hybridized carbons (Fsp3) is 0. The molecule has 10 aromatic carbocycles. The molecule has 0 fully saturated rings. The Kier molecular flexibility index (Phi) is 5.25. The van der Waals surface area contributed by atoms with Crippen molar-refractivity contribution in [1.82, 2.24) is 0 Å². The van der Waals surface area contributed by atoms with E-state index in [0.717, 1.165) is 32.7 Å². The summed E-state index contributed by atoms with van der Waals surface area (Å²) in [6.45, 7) is 0. The van der Waals surface area contributed by atoms with Crippen LogP contribution >= 0.6 is 0 Å². The Hall–Kier alpha value is -7.68. The van der Waals surface area contributed by atoms with Crippen molar-refractivity contribution in [1.29, 1.82) is 0 Å². The summed E-state index contributed by atoms with van der Waals surface area (Å²) in [4.78, 5) is 1.63. The molecule has 11 rings (SSSR count). The molecule has 0 unspecified atom stereocenters. The van der Waals surface area contributed by atoms with Crippen LogP contribution in [0.15, 0.2) is 229 Å². The van der Waals surface area contributed by atoms with Gasteiger partial charge in [0.05, 0.1) is 26.2 Å². The van der Waals surface area contributed by atoms with Gasteiger partial charge in [-0.3, -0.25) is 0 Å². The fourth-order valence-electron chi connectivity index (χ4n) is 7.56. The smallest absolute Gasteiger partial charge is 0.143 e. The van der Waals surface area contributed by atoms with Crippen molar-refractivity contribution in [2.24, 2.45) is 0 Å². The molecule has 0 spiro atoms. The molecule has 1 heterocycles. The number of anilines is 3. The summed E-state index contributed by atoms with van der Waals surface area (Å²) in [5.74, 6) is 0. The molecule has 0 radical (unpaired) electrons. The van der Waals surface area contributed by atoms with Gasteiger partial charge in [-0.25, -0.2) is 0 Å². The van der Waals surface area contributed by atoms with Gasteiger partial charge in [0.25, 0.3) is 0 Å². The van der Waals surface area contributed by atoms with E-state index >= 15 is 0 Å². The number of fused-ring (bicyclic) bond motifs is 6. The van der Waals surface area contributed by atoms with Crippen molar-refractivity contribution in [3.8, 4) is 44.5 Å². The van der Waals surface area contributed by atoms with Crippen LogP contribution in [-0.4, -0.2) is 0 Å². The van der Waals surface area contributed by atoms with Crippen LogP contribution in [-0.2, 0) is 0 Å². The Morgan fingerprint density at radius 2 is 0.966 bits per heavy atom. The summed E-state index contributed by atoms with van der Waals surface area (Å²) in [7, 11) is 0. The van der Waals surface area contributed by atoms with Crippen LogP contribution in [0.2, 0.25) is 0 Å². The number of nitrogens with zero attached hydrogens (tertiary/aromatic N) is 1. The molecule has 0 aliphatic carbocycles. The topological polar surface area (TPSA) is 16.4 Å². The maximum absolute atomic E-state index is 9.75. The summed E-state index contributed by atoms with van der Waals surface area (Å²) in [6.07, 6.45) is 0. The molecule has 0 saturated heterocycles. The number of hydrogen-bond acceptors (Lipinski definition) is 2. The molecule has 0 bridgehead atoms. The second kappa shape index (κ2) is 14.1. The fourth-order valence-corrected chi connectivity index (χ4v) is 7.56. The van der Waals surface area contributed by atoms with E-state index < -0.39 is 124 Å². The van der Waals surface area contributed by atoms with Gasteiger partial charge in [-0.05, 0) is 85.9 Å².